The van der Waals surface area contributed by atoms with E-state index in [2.05, 4.69) is 44.2 Å². The van der Waals surface area contributed by atoms with Gasteiger partial charge in [0.25, 0.3) is 0 Å². The molecule has 0 heterocycles. The van der Waals surface area contributed by atoms with Crippen molar-refractivity contribution in [2.75, 3.05) is 0 Å². The first-order valence-corrected chi connectivity index (χ1v) is 4.66. The van der Waals surface area contributed by atoms with Gasteiger partial charge in [0.15, 0.2) is 0 Å². The Bertz CT molecular complexity index is 196. The summed E-state index contributed by atoms with van der Waals surface area (Å²) >= 11 is 1.22. The molecule has 0 aliphatic carbocycles. The van der Waals surface area contributed by atoms with Crippen LogP contribution in [0.3, 0.4) is 0 Å². The average molecular weight is 142 g/mol. The van der Waals surface area contributed by atoms with E-state index in [0.29, 0.717) is 2.66 Å². The predicted molar refractivity (Wildman–Crippen MR) is 45.2 cm³/mol. The van der Waals surface area contributed by atoms with Gasteiger partial charge in [0, 0.05) is 0 Å². The normalized spacial score (nSPS) is 11.6. The second kappa shape index (κ2) is 3.08. The molecular weight excluding hydrogens is 131 g/mol. The Hall–Kier alpha value is 0.220. The van der Waals surface area contributed by atoms with Crippen molar-refractivity contribution in [2.24, 2.45) is 0 Å². The van der Waals surface area contributed by atoms with E-state index in [-0.39, 0.29) is 0 Å². The van der Waals surface area contributed by atoms with Gasteiger partial charge in [-0.15, -0.1) is 0 Å². The molecule has 0 fully saturated rings. The Balaban J connectivity index is 2.97. The van der Waals surface area contributed by atoms with Crippen molar-refractivity contribution >= 4 is 27.9 Å². The number of rotatable bonds is 1. The van der Waals surface area contributed by atoms with Crippen LogP contribution in [0.5, 0.6) is 0 Å². The van der Waals surface area contributed by atoms with Gasteiger partial charge in [-0.05, 0) is 0 Å². The van der Waals surface area contributed by atoms with Crippen LogP contribution in [0, 0.1) is 0 Å². The molecule has 0 spiro atoms. The minimum atomic E-state index is 0.432. The van der Waals surface area contributed by atoms with Crippen LogP contribution in [-0.2, 0) is 2.66 Å². The number of hydrogen-bond donors (Lipinski definition) is 0. The maximum absolute atomic E-state index is 2.29. The van der Waals surface area contributed by atoms with Gasteiger partial charge in [0.05, 0.1) is 0 Å². The molecule has 0 unspecified atom stereocenters. The van der Waals surface area contributed by atoms with E-state index in [9.17, 15) is 0 Å². The topological polar surface area (TPSA) is 0 Å². The summed E-state index contributed by atoms with van der Waals surface area (Å²) in [6.07, 6.45) is 0. The van der Waals surface area contributed by atoms with Gasteiger partial charge in [-0.1, -0.05) is 0 Å². The Morgan fingerprint density at radius 1 is 1.10 bits per heavy atom. The zero-order chi connectivity index (χ0) is 7.61. The first kappa shape index (κ1) is 8.32. The van der Waals surface area contributed by atoms with Crippen LogP contribution >= 0.6 is 0 Å². The van der Waals surface area contributed by atoms with Crippen molar-refractivity contribution in [3.63, 3.8) is 0 Å². The van der Waals surface area contributed by atoms with Crippen LogP contribution < -0.4 is 0 Å². The van der Waals surface area contributed by atoms with Gasteiger partial charge in [0.2, 0.25) is 0 Å². The van der Waals surface area contributed by atoms with Crippen molar-refractivity contribution < 1.29 is 0 Å². The fraction of sp³-hybridized carbons (Fsp3) is 0.333. The molecule has 1 rings (SSSR count). The fourth-order valence-electron chi connectivity index (χ4n) is 0.938. The quantitative estimate of drug-likeness (QED) is 0.527. The second-order valence-corrected chi connectivity index (χ2v) is 6.12. The molecule has 0 bridgehead atoms. The first-order valence-electron chi connectivity index (χ1n) is 3.66. The van der Waals surface area contributed by atoms with Crippen LogP contribution in [0.15, 0.2) is 30.3 Å². The molecule has 0 saturated heterocycles. The molecule has 0 aromatic heterocycles. The molecule has 0 saturated carbocycles. The van der Waals surface area contributed by atoms with Crippen LogP contribution in [-0.4, -0.2) is 27.9 Å². The zero-order valence-corrected chi connectivity index (χ0v) is 8.89. The summed E-state index contributed by atoms with van der Waals surface area (Å²) in [4.78, 5) is 0. The third-order valence-electron chi connectivity index (χ3n) is 1.64. The van der Waals surface area contributed by atoms with E-state index in [1.165, 1.54) is 33.5 Å². The molecule has 0 N–H and O–H groups in total. The van der Waals surface area contributed by atoms with Crippen LogP contribution in [0.1, 0.15) is 19.4 Å². The van der Waals surface area contributed by atoms with Crippen molar-refractivity contribution in [2.45, 2.75) is 16.5 Å². The molecule has 0 amide bonds. The van der Waals surface area contributed by atoms with Gasteiger partial charge in [0.1, 0.15) is 0 Å². The fourth-order valence-corrected chi connectivity index (χ4v) is 1.27. The summed E-state index contributed by atoms with van der Waals surface area (Å²) in [7, 11) is 0. The summed E-state index contributed by atoms with van der Waals surface area (Å²) in [6, 6.07) is 10.7. The number of hydrogen-bond acceptors (Lipinski definition) is 0. The van der Waals surface area contributed by atoms with E-state index in [1.54, 1.807) is 0 Å². The third kappa shape index (κ3) is 2.12. The van der Waals surface area contributed by atoms with Gasteiger partial charge in [-0.2, -0.15) is 0 Å². The van der Waals surface area contributed by atoms with E-state index >= 15 is 0 Å². The third-order valence-corrected chi connectivity index (χ3v) is 2.22. The van der Waals surface area contributed by atoms with Crippen LogP contribution in [0.2, 0.25) is 0 Å². The second-order valence-electron chi connectivity index (χ2n) is 3.62. The Labute approximate surface area is 80.1 Å². The van der Waals surface area contributed by atoms with Gasteiger partial charge < -0.3 is 0 Å². The predicted octanol–water partition coefficient (Wildman–Crippen LogP) is 2.09. The molecule has 0 aliphatic heterocycles. The summed E-state index contributed by atoms with van der Waals surface area (Å²) < 4.78 is 0.432. The van der Waals surface area contributed by atoms with Crippen molar-refractivity contribution in [1.29, 1.82) is 0 Å². The summed E-state index contributed by atoms with van der Waals surface area (Å²) in [5.74, 6) is 0. The van der Waals surface area contributed by atoms with Gasteiger partial charge in [-0.3, -0.25) is 0 Å². The zero-order valence-electron chi connectivity index (χ0n) is 6.89. The van der Waals surface area contributed by atoms with E-state index in [1.807, 2.05) is 0 Å². The molecular formula is C9H11Na. The van der Waals surface area contributed by atoms with E-state index < -0.39 is 0 Å². The van der Waals surface area contributed by atoms with Gasteiger partial charge in [-0.25, -0.2) is 0 Å². The molecule has 0 radical (unpaired) electrons. The molecule has 0 atom stereocenters. The van der Waals surface area contributed by atoms with E-state index in [4.69, 9.17) is 0 Å². The molecule has 48 valence electrons. The molecule has 0 nitrogen and oxygen atoms in total. The molecule has 0 aliphatic rings. The molecule has 1 heteroatoms. The summed E-state index contributed by atoms with van der Waals surface area (Å²) in [5, 5.41) is 0. The molecule has 1 aromatic carbocycles. The minimum absolute atomic E-state index is 0.432. The Kier molecular flexibility index (Phi) is 2.56. The monoisotopic (exact) mass is 142 g/mol. The molecule has 1 aromatic rings. The van der Waals surface area contributed by atoms with E-state index in [0.717, 1.165) is 0 Å². The maximum atomic E-state index is 2.29. The average Bonchev–Trinajstić information content (AvgIpc) is 1.88. The summed E-state index contributed by atoms with van der Waals surface area (Å²) in [6.45, 7) is 4.57. The van der Waals surface area contributed by atoms with Crippen molar-refractivity contribution in [1.82, 2.24) is 0 Å². The SMILES string of the molecule is C[C](C)([Na])c1ccccc1. The molecule has 10 heavy (non-hydrogen) atoms. The van der Waals surface area contributed by atoms with Gasteiger partial charge >= 0.3 is 80.3 Å². The Morgan fingerprint density at radius 2 is 1.60 bits per heavy atom. The van der Waals surface area contributed by atoms with Crippen LogP contribution in [0.4, 0.5) is 0 Å². The standard InChI is InChI=1S/C9H11.Na/c1-8(2)9-6-4-3-5-7-9;/h3-7H,1-2H3;. The van der Waals surface area contributed by atoms with Crippen LogP contribution in [0.25, 0.3) is 0 Å². The Morgan fingerprint density at radius 3 is 1.90 bits per heavy atom. The first-order chi connectivity index (χ1) is 4.61. The van der Waals surface area contributed by atoms with Crippen molar-refractivity contribution in [3.05, 3.63) is 35.9 Å². The summed E-state index contributed by atoms with van der Waals surface area (Å²) in [5.41, 5.74) is 1.46. The number of benzene rings is 1. The van der Waals surface area contributed by atoms with Crippen molar-refractivity contribution in [3.8, 4) is 0 Å².